The Kier molecular flexibility index (Phi) is 14.5. The predicted molar refractivity (Wildman–Crippen MR) is 273 cm³/mol. The van der Waals surface area contributed by atoms with Crippen molar-refractivity contribution in [1.82, 2.24) is 20.1 Å². The summed E-state index contributed by atoms with van der Waals surface area (Å²) in [5.74, 6) is 0.425. The molecule has 1 amide bonds. The van der Waals surface area contributed by atoms with Gasteiger partial charge in [0.1, 0.15) is 17.3 Å². The summed E-state index contributed by atoms with van der Waals surface area (Å²) in [4.78, 5) is 68.1. The van der Waals surface area contributed by atoms with Crippen LogP contribution in [0.15, 0.2) is 35.4 Å². The van der Waals surface area contributed by atoms with Crippen LogP contribution >= 0.6 is 11.6 Å². The molecule has 14 heteroatoms. The minimum Gasteiger partial charge on any atom is -0.462 e. The fraction of sp³-hybridized carbons (Fsp3) is 0.737. The molecule has 1 heterocycles. The molecule has 7 rings (SSSR count). The van der Waals surface area contributed by atoms with Crippen LogP contribution in [0.1, 0.15) is 187 Å². The van der Waals surface area contributed by atoms with Gasteiger partial charge >= 0.3 is 24.0 Å². The van der Waals surface area contributed by atoms with E-state index in [2.05, 4.69) is 53.8 Å². The standard InChI is InChI=1S/C57H83ClN4O9/c1-33(2)43-38(64)31-57(45(68-34(3)63)47-61-60-46(35-17-19-36(58)20-18-35)62(47)30-29-59-49(67)71-51(7,8)9)28-27-55(15)37(44(43)57)21-22-40-54(14)25-24-41(53(12,13)39(54)23-26-56(40,55)16)69-42(65)32-52(10,11)48(66)70-50(4,5)6/h17-20,33,37,39-41,45H,21-32H2,1-16H3,(H,59,67)/t37?,39-,40+,41-,45?,54-,55+,56?,57+/m0/s1. The van der Waals surface area contributed by atoms with Crippen molar-refractivity contribution in [3.05, 3.63) is 46.3 Å². The number of ketones is 1. The smallest absolute Gasteiger partial charge is 0.407 e. The number of fused-ring (bicyclic) bond motifs is 7. The van der Waals surface area contributed by atoms with Crippen LogP contribution in [0, 0.1) is 56.2 Å². The molecule has 0 bridgehead atoms. The molecule has 0 radical (unpaired) electrons. The van der Waals surface area contributed by atoms with Crippen LogP contribution in [0.5, 0.6) is 0 Å². The number of Topliss-reactive ketones (excluding diaryl/α,β-unsaturated/α-hetero) is 1. The van der Waals surface area contributed by atoms with Gasteiger partial charge < -0.3 is 28.8 Å². The third kappa shape index (κ3) is 9.96. The Morgan fingerprint density at radius 1 is 0.817 bits per heavy atom. The average Bonchev–Trinajstić information content (AvgIpc) is 3.78. The van der Waals surface area contributed by atoms with Gasteiger partial charge in [0.05, 0.1) is 11.8 Å². The van der Waals surface area contributed by atoms with Crippen LogP contribution in [0.25, 0.3) is 11.4 Å². The summed E-state index contributed by atoms with van der Waals surface area (Å²) in [6.45, 7) is 32.5. The number of carbonyl (C=O) groups excluding carboxylic acids is 5. The van der Waals surface area contributed by atoms with Crippen molar-refractivity contribution < 1.29 is 42.9 Å². The van der Waals surface area contributed by atoms with Gasteiger partial charge in [-0.05, 0) is 182 Å². The SMILES string of the molecule is CC(=O)OC(c1nnc(-c2ccc(Cl)cc2)n1CCNC(=O)OC(C)(C)C)[C@@]12CC[C@]3(C)C(CC[C@H]4C3(C)CC[C@H]3C(C)(C)[C@@H](OC(=O)CC(C)(C)C(=O)OC(C)(C)C)CC[C@@]34C)C1=C(C(C)C)C(=O)C2. The third-order valence-electron chi connectivity index (χ3n) is 18.1. The van der Waals surface area contributed by atoms with Gasteiger partial charge in [-0.25, -0.2) is 4.79 Å². The van der Waals surface area contributed by atoms with Gasteiger partial charge in [0.2, 0.25) is 0 Å². The molecule has 0 aliphatic heterocycles. The van der Waals surface area contributed by atoms with Crippen molar-refractivity contribution in [2.24, 2.45) is 56.2 Å². The van der Waals surface area contributed by atoms with Crippen molar-refractivity contribution in [2.75, 3.05) is 6.54 Å². The summed E-state index contributed by atoms with van der Waals surface area (Å²) in [5, 5.41) is 13.0. The van der Waals surface area contributed by atoms with E-state index in [0.29, 0.717) is 34.9 Å². The number of aromatic nitrogens is 3. The van der Waals surface area contributed by atoms with Gasteiger partial charge in [-0.3, -0.25) is 19.2 Å². The predicted octanol–water partition coefficient (Wildman–Crippen LogP) is 12.4. The van der Waals surface area contributed by atoms with Gasteiger partial charge in [0.15, 0.2) is 23.5 Å². The topological polar surface area (TPSA) is 165 Å². The van der Waals surface area contributed by atoms with E-state index in [9.17, 15) is 24.0 Å². The monoisotopic (exact) mass is 1000 g/mol. The zero-order valence-corrected chi connectivity index (χ0v) is 46.4. The van der Waals surface area contributed by atoms with Crippen molar-refractivity contribution in [1.29, 1.82) is 0 Å². The van der Waals surface area contributed by atoms with Crippen molar-refractivity contribution in [3.63, 3.8) is 0 Å². The van der Waals surface area contributed by atoms with Crippen LogP contribution < -0.4 is 5.32 Å². The Hall–Kier alpha value is -4.26. The van der Waals surface area contributed by atoms with E-state index >= 15 is 0 Å². The van der Waals surface area contributed by atoms with Crippen LogP contribution in [0.2, 0.25) is 5.02 Å². The van der Waals surface area contributed by atoms with Gasteiger partial charge in [-0.2, -0.15) is 0 Å². The Bertz CT molecular complexity index is 2440. The normalized spacial score (nSPS) is 30.9. The summed E-state index contributed by atoms with van der Waals surface area (Å²) in [5.41, 5.74) is -1.18. The summed E-state index contributed by atoms with van der Waals surface area (Å²) >= 11 is 6.35. The number of nitrogens with one attached hydrogen (secondary N) is 1. The second-order valence-electron chi connectivity index (χ2n) is 26.2. The second kappa shape index (κ2) is 18.9. The number of hydrogen-bond acceptors (Lipinski definition) is 11. The summed E-state index contributed by atoms with van der Waals surface area (Å²) < 4.78 is 26.1. The van der Waals surface area contributed by atoms with Gasteiger partial charge in [-0.15, -0.1) is 10.2 Å². The van der Waals surface area contributed by atoms with Gasteiger partial charge in [-0.1, -0.05) is 60.1 Å². The number of alkyl carbamates (subject to hydrolysis) is 1. The van der Waals surface area contributed by atoms with E-state index in [0.717, 1.165) is 61.7 Å². The van der Waals surface area contributed by atoms with Crippen LogP contribution in [0.4, 0.5) is 4.79 Å². The first-order chi connectivity index (χ1) is 32.7. The molecule has 1 aromatic carbocycles. The number of carbonyl (C=O) groups is 5. The second-order valence-corrected chi connectivity index (χ2v) is 26.6. The largest absolute Gasteiger partial charge is 0.462 e. The number of hydrogen-bond donors (Lipinski definition) is 1. The number of esters is 3. The lowest BCUT2D eigenvalue weighted by atomic mass is 9.33. The number of halogens is 1. The summed E-state index contributed by atoms with van der Waals surface area (Å²) in [6.07, 6.45) is 5.26. The third-order valence-corrected chi connectivity index (χ3v) is 18.4. The molecule has 0 spiro atoms. The quantitative estimate of drug-likeness (QED) is 0.159. The maximum absolute atomic E-state index is 14.9. The van der Waals surface area contributed by atoms with E-state index < -0.39 is 46.2 Å². The van der Waals surface area contributed by atoms with Gasteiger partial charge in [0.25, 0.3) is 0 Å². The number of amides is 1. The van der Waals surface area contributed by atoms with E-state index in [-0.39, 0.29) is 77.3 Å². The molecular formula is C57H83ClN4O9. The maximum Gasteiger partial charge on any atom is 0.407 e. The number of ether oxygens (including phenoxy) is 4. The highest BCUT2D eigenvalue weighted by Crippen LogP contribution is 2.78. The van der Waals surface area contributed by atoms with E-state index in [4.69, 9.17) is 40.7 Å². The number of allylic oxidation sites excluding steroid dienone is 1. The molecule has 13 nitrogen and oxygen atoms in total. The summed E-state index contributed by atoms with van der Waals surface area (Å²) in [6, 6.07) is 7.30. The highest BCUT2D eigenvalue weighted by Gasteiger charge is 2.71. The molecule has 392 valence electrons. The Morgan fingerprint density at radius 2 is 1.46 bits per heavy atom. The first kappa shape index (κ1) is 54.5. The molecule has 3 unspecified atom stereocenters. The zero-order valence-electron chi connectivity index (χ0n) is 45.7. The molecule has 1 aromatic heterocycles. The van der Waals surface area contributed by atoms with Crippen LogP contribution in [-0.4, -0.2) is 68.4 Å². The zero-order chi connectivity index (χ0) is 52.7. The number of rotatable bonds is 12. The lowest BCUT2D eigenvalue weighted by Crippen LogP contribution is -2.66. The molecule has 71 heavy (non-hydrogen) atoms. The lowest BCUT2D eigenvalue weighted by molar-refractivity contribution is -0.236. The molecule has 5 aliphatic rings. The average molecular weight is 1000 g/mol. The fourth-order valence-corrected chi connectivity index (χ4v) is 15.1. The van der Waals surface area contributed by atoms with E-state index in [1.54, 1.807) is 26.0 Å². The minimum atomic E-state index is -1.03. The van der Waals surface area contributed by atoms with Crippen molar-refractivity contribution >= 4 is 41.4 Å². The lowest BCUT2D eigenvalue weighted by Gasteiger charge is -2.72. The molecule has 1 N–H and O–H groups in total. The first-order valence-electron chi connectivity index (χ1n) is 26.2. The number of nitrogens with zero attached hydrogens (tertiary/aromatic N) is 3. The van der Waals surface area contributed by atoms with Gasteiger partial charge in [0, 0.05) is 47.9 Å². The highest BCUT2D eigenvalue weighted by molar-refractivity contribution is 6.30. The molecule has 9 atom stereocenters. The molecule has 0 saturated heterocycles. The van der Waals surface area contributed by atoms with E-state index in [1.807, 2.05) is 58.2 Å². The molecule has 4 fully saturated rings. The summed E-state index contributed by atoms with van der Waals surface area (Å²) in [7, 11) is 0. The number of benzene rings is 1. The Labute approximate surface area is 428 Å². The molecular weight excluding hydrogens is 920 g/mol. The Balaban J connectivity index is 1.23. The molecule has 4 saturated carbocycles. The minimum absolute atomic E-state index is 0.0409. The van der Waals surface area contributed by atoms with Crippen molar-refractivity contribution in [2.45, 2.75) is 205 Å². The first-order valence-corrected chi connectivity index (χ1v) is 26.6. The van der Waals surface area contributed by atoms with E-state index in [1.165, 1.54) is 6.92 Å². The fourth-order valence-electron chi connectivity index (χ4n) is 14.9. The molecule has 5 aliphatic carbocycles. The maximum atomic E-state index is 14.9. The van der Waals surface area contributed by atoms with Crippen LogP contribution in [0.3, 0.4) is 0 Å². The Morgan fingerprint density at radius 3 is 2.07 bits per heavy atom. The van der Waals surface area contributed by atoms with Crippen LogP contribution in [-0.2, 0) is 44.7 Å². The molecule has 2 aromatic rings. The van der Waals surface area contributed by atoms with Crippen molar-refractivity contribution in [3.8, 4) is 11.4 Å². The highest BCUT2D eigenvalue weighted by atomic mass is 35.5.